The molecule has 1 aliphatic heterocycles. The standard InChI is InChI=1S/C16H16Cl2N2O2S/c1-10-6-12-7-14(23(19,21)22)4-5-16(12)20(10)9-11-2-3-13(17)8-15(11)18/h2-5,7-8,10H,6,9H2,1H3,(H2,19,21,22). The van der Waals surface area contributed by atoms with E-state index in [1.165, 1.54) is 0 Å². The first-order valence-corrected chi connectivity index (χ1v) is 9.42. The van der Waals surface area contributed by atoms with Crippen LogP contribution in [0.4, 0.5) is 5.69 Å². The highest BCUT2D eigenvalue weighted by molar-refractivity contribution is 7.89. The lowest BCUT2D eigenvalue weighted by Gasteiger charge is -2.25. The first-order valence-electron chi connectivity index (χ1n) is 7.12. The zero-order valence-electron chi connectivity index (χ0n) is 12.5. The predicted molar refractivity (Wildman–Crippen MR) is 93.6 cm³/mol. The molecule has 0 amide bonds. The zero-order valence-corrected chi connectivity index (χ0v) is 14.8. The second-order valence-electron chi connectivity index (χ2n) is 5.75. The van der Waals surface area contributed by atoms with Gasteiger partial charge < -0.3 is 4.90 Å². The average molecular weight is 371 g/mol. The molecule has 3 rings (SSSR count). The van der Waals surface area contributed by atoms with Crippen molar-refractivity contribution in [2.75, 3.05) is 4.90 Å². The van der Waals surface area contributed by atoms with Crippen molar-refractivity contribution in [2.24, 2.45) is 5.14 Å². The molecular formula is C16H16Cl2N2O2S. The molecule has 4 nitrogen and oxygen atoms in total. The Morgan fingerprint density at radius 3 is 2.61 bits per heavy atom. The second-order valence-corrected chi connectivity index (χ2v) is 8.16. The van der Waals surface area contributed by atoms with E-state index in [1.54, 1.807) is 18.2 Å². The molecule has 0 saturated heterocycles. The molecular weight excluding hydrogens is 355 g/mol. The first-order chi connectivity index (χ1) is 10.8. The van der Waals surface area contributed by atoms with Crippen LogP contribution in [-0.4, -0.2) is 14.5 Å². The number of benzene rings is 2. The van der Waals surface area contributed by atoms with Crippen molar-refractivity contribution in [2.45, 2.75) is 30.8 Å². The molecule has 0 bridgehead atoms. The third-order valence-electron chi connectivity index (χ3n) is 4.09. The summed E-state index contributed by atoms with van der Waals surface area (Å²) in [7, 11) is -3.68. The molecule has 0 radical (unpaired) electrons. The van der Waals surface area contributed by atoms with E-state index in [4.69, 9.17) is 28.3 Å². The molecule has 2 N–H and O–H groups in total. The Morgan fingerprint density at radius 2 is 1.96 bits per heavy atom. The summed E-state index contributed by atoms with van der Waals surface area (Å²) in [6.45, 7) is 2.74. The third-order valence-corrected chi connectivity index (χ3v) is 5.59. The number of halogens is 2. The highest BCUT2D eigenvalue weighted by atomic mass is 35.5. The molecule has 2 aromatic carbocycles. The Morgan fingerprint density at radius 1 is 1.22 bits per heavy atom. The number of nitrogens with zero attached hydrogens (tertiary/aromatic N) is 1. The van der Waals surface area contributed by atoms with E-state index >= 15 is 0 Å². The number of primary sulfonamides is 1. The molecule has 2 aromatic rings. The van der Waals surface area contributed by atoms with Crippen molar-refractivity contribution < 1.29 is 8.42 Å². The van der Waals surface area contributed by atoms with Crippen molar-refractivity contribution in [3.05, 3.63) is 57.6 Å². The molecule has 1 heterocycles. The number of hydrogen-bond donors (Lipinski definition) is 1. The molecule has 1 aliphatic rings. The van der Waals surface area contributed by atoms with Gasteiger partial charge in [0.2, 0.25) is 10.0 Å². The molecule has 0 aromatic heterocycles. The van der Waals surface area contributed by atoms with Crippen LogP contribution >= 0.6 is 23.2 Å². The monoisotopic (exact) mass is 370 g/mol. The van der Waals surface area contributed by atoms with E-state index < -0.39 is 10.0 Å². The minimum Gasteiger partial charge on any atom is -0.364 e. The molecule has 0 spiro atoms. The van der Waals surface area contributed by atoms with Gasteiger partial charge in [0.05, 0.1) is 4.90 Å². The summed E-state index contributed by atoms with van der Waals surface area (Å²) >= 11 is 12.2. The van der Waals surface area contributed by atoms with Crippen LogP contribution in [0.15, 0.2) is 41.3 Å². The number of rotatable bonds is 3. The summed E-state index contributed by atoms with van der Waals surface area (Å²) in [6, 6.07) is 10.7. The Hall–Kier alpha value is -1.27. The van der Waals surface area contributed by atoms with Crippen LogP contribution in [0, 0.1) is 0 Å². The molecule has 7 heteroatoms. The van der Waals surface area contributed by atoms with Gasteiger partial charge in [0.25, 0.3) is 0 Å². The summed E-state index contributed by atoms with van der Waals surface area (Å²) in [6.07, 6.45) is 0.768. The van der Waals surface area contributed by atoms with E-state index in [2.05, 4.69) is 11.8 Å². The summed E-state index contributed by atoms with van der Waals surface area (Å²) in [4.78, 5) is 2.35. The number of sulfonamides is 1. The molecule has 1 atom stereocenters. The van der Waals surface area contributed by atoms with Gasteiger partial charge in [-0.3, -0.25) is 0 Å². The zero-order chi connectivity index (χ0) is 16.8. The van der Waals surface area contributed by atoms with E-state index in [-0.39, 0.29) is 10.9 Å². The van der Waals surface area contributed by atoms with Crippen LogP contribution < -0.4 is 10.0 Å². The van der Waals surface area contributed by atoms with E-state index in [0.29, 0.717) is 16.6 Å². The maximum absolute atomic E-state index is 11.5. The Kier molecular flexibility index (Phi) is 4.31. The third kappa shape index (κ3) is 3.33. The van der Waals surface area contributed by atoms with Crippen molar-refractivity contribution in [3.63, 3.8) is 0 Å². The molecule has 0 saturated carbocycles. The van der Waals surface area contributed by atoms with Gasteiger partial charge in [0.1, 0.15) is 0 Å². The lowest BCUT2D eigenvalue weighted by molar-refractivity contribution is 0.597. The van der Waals surface area contributed by atoms with E-state index in [1.807, 2.05) is 18.2 Å². The molecule has 23 heavy (non-hydrogen) atoms. The van der Waals surface area contributed by atoms with E-state index in [9.17, 15) is 8.42 Å². The fraction of sp³-hybridized carbons (Fsp3) is 0.250. The van der Waals surface area contributed by atoms with Crippen molar-refractivity contribution in [3.8, 4) is 0 Å². The molecule has 122 valence electrons. The van der Waals surface area contributed by atoms with Gasteiger partial charge in [-0.2, -0.15) is 0 Å². The summed E-state index contributed by atoms with van der Waals surface area (Å²) in [5.74, 6) is 0. The SMILES string of the molecule is CC1Cc2cc(S(N)(=O)=O)ccc2N1Cc1ccc(Cl)cc1Cl. The number of fused-ring (bicyclic) bond motifs is 1. The van der Waals surface area contributed by atoms with E-state index in [0.717, 1.165) is 23.2 Å². The molecule has 0 aliphatic carbocycles. The maximum atomic E-state index is 11.5. The molecule has 0 fully saturated rings. The topological polar surface area (TPSA) is 63.4 Å². The Labute approximate surface area is 145 Å². The van der Waals surface area contributed by atoms with Crippen LogP contribution in [0.5, 0.6) is 0 Å². The largest absolute Gasteiger partial charge is 0.364 e. The molecule has 1 unspecified atom stereocenters. The van der Waals surface area contributed by atoms with Gasteiger partial charge in [0, 0.05) is 28.3 Å². The fourth-order valence-electron chi connectivity index (χ4n) is 2.92. The normalized spacial score (nSPS) is 17.4. The Balaban J connectivity index is 1.94. The average Bonchev–Trinajstić information content (AvgIpc) is 2.76. The summed E-state index contributed by atoms with van der Waals surface area (Å²) in [5.41, 5.74) is 2.97. The number of hydrogen-bond acceptors (Lipinski definition) is 3. The lowest BCUT2D eigenvalue weighted by Crippen LogP contribution is -2.28. The van der Waals surface area contributed by atoms with Crippen LogP contribution in [0.1, 0.15) is 18.1 Å². The van der Waals surface area contributed by atoms with Gasteiger partial charge in [-0.25, -0.2) is 13.6 Å². The van der Waals surface area contributed by atoms with Gasteiger partial charge in [-0.15, -0.1) is 0 Å². The van der Waals surface area contributed by atoms with Gasteiger partial charge in [-0.05, 0) is 54.8 Å². The first kappa shape index (κ1) is 16.6. The highest BCUT2D eigenvalue weighted by Gasteiger charge is 2.27. The van der Waals surface area contributed by atoms with Gasteiger partial charge in [-0.1, -0.05) is 29.3 Å². The second kappa shape index (κ2) is 5.98. The van der Waals surface area contributed by atoms with Crippen LogP contribution in [0.3, 0.4) is 0 Å². The maximum Gasteiger partial charge on any atom is 0.238 e. The van der Waals surface area contributed by atoms with Crippen LogP contribution in [-0.2, 0) is 23.0 Å². The minimum atomic E-state index is -3.68. The van der Waals surface area contributed by atoms with Crippen molar-refractivity contribution in [1.29, 1.82) is 0 Å². The van der Waals surface area contributed by atoms with Crippen LogP contribution in [0.25, 0.3) is 0 Å². The minimum absolute atomic E-state index is 0.148. The number of anilines is 1. The summed E-state index contributed by atoms with van der Waals surface area (Å²) < 4.78 is 23.0. The van der Waals surface area contributed by atoms with Crippen molar-refractivity contribution in [1.82, 2.24) is 0 Å². The Bertz CT molecular complexity index is 868. The number of nitrogens with two attached hydrogens (primary N) is 1. The quantitative estimate of drug-likeness (QED) is 0.897. The summed E-state index contributed by atoms with van der Waals surface area (Å²) in [5, 5.41) is 6.43. The predicted octanol–water partition coefficient (Wildman–Crippen LogP) is 3.59. The smallest absolute Gasteiger partial charge is 0.238 e. The van der Waals surface area contributed by atoms with Crippen molar-refractivity contribution >= 4 is 38.9 Å². The van der Waals surface area contributed by atoms with Gasteiger partial charge >= 0.3 is 0 Å². The van der Waals surface area contributed by atoms with Gasteiger partial charge in [0.15, 0.2) is 0 Å². The fourth-order valence-corrected chi connectivity index (χ4v) is 3.96. The van der Waals surface area contributed by atoms with Crippen LogP contribution in [0.2, 0.25) is 10.0 Å². The lowest BCUT2D eigenvalue weighted by atomic mass is 10.1. The highest BCUT2D eigenvalue weighted by Crippen LogP contribution is 2.36.